The second-order valence-corrected chi connectivity index (χ2v) is 8.06. The number of hydrogen-bond donors (Lipinski definition) is 2. The molecule has 0 aliphatic heterocycles. The van der Waals surface area contributed by atoms with Crippen LogP contribution in [0.5, 0.6) is 0 Å². The Labute approximate surface area is 182 Å². The van der Waals surface area contributed by atoms with Crippen molar-refractivity contribution in [2.45, 2.75) is 46.5 Å². The van der Waals surface area contributed by atoms with E-state index >= 15 is 0 Å². The summed E-state index contributed by atoms with van der Waals surface area (Å²) in [5, 5.41) is 9.67. The van der Waals surface area contributed by atoms with Crippen molar-refractivity contribution >= 4 is 23.2 Å². The Balaban J connectivity index is 1.54. The summed E-state index contributed by atoms with van der Waals surface area (Å²) >= 11 is 0. The van der Waals surface area contributed by atoms with Gasteiger partial charge in [-0.05, 0) is 29.7 Å². The van der Waals surface area contributed by atoms with Crippen molar-refractivity contribution < 1.29 is 14.1 Å². The van der Waals surface area contributed by atoms with Crippen molar-refractivity contribution in [3.8, 4) is 11.4 Å². The van der Waals surface area contributed by atoms with Gasteiger partial charge in [0, 0.05) is 35.7 Å². The summed E-state index contributed by atoms with van der Waals surface area (Å²) in [5.41, 5.74) is 3.38. The third-order valence-corrected chi connectivity index (χ3v) is 4.81. The van der Waals surface area contributed by atoms with Gasteiger partial charge in [-0.1, -0.05) is 63.2 Å². The molecule has 0 fully saturated rings. The van der Waals surface area contributed by atoms with Gasteiger partial charge in [0.05, 0.1) is 0 Å². The van der Waals surface area contributed by atoms with Gasteiger partial charge in [0.15, 0.2) is 0 Å². The number of hydrogen-bond acceptors (Lipinski definition) is 5. The van der Waals surface area contributed by atoms with Crippen molar-refractivity contribution in [2.24, 2.45) is 5.92 Å². The molecule has 0 aliphatic carbocycles. The summed E-state index contributed by atoms with van der Waals surface area (Å²) in [5.74, 6) is 1.02. The van der Waals surface area contributed by atoms with Crippen LogP contribution in [-0.4, -0.2) is 22.0 Å². The molecular formula is C24H28N4O3. The fraction of sp³-hybridized carbons (Fsp3) is 0.333. The first-order valence-corrected chi connectivity index (χ1v) is 10.5. The van der Waals surface area contributed by atoms with Gasteiger partial charge in [0.2, 0.25) is 23.5 Å². The molecule has 31 heavy (non-hydrogen) atoms. The SMILES string of the molecule is CC(C)C(=O)Nc1cccc(NC(=O)CCc2nc(-c3ccc(C(C)C)cc3)no2)c1. The number of carbonyl (C=O) groups excluding carboxylic acids is 2. The molecule has 1 aromatic heterocycles. The van der Waals surface area contributed by atoms with Gasteiger partial charge in [-0.15, -0.1) is 0 Å². The molecule has 0 bridgehead atoms. The van der Waals surface area contributed by atoms with Gasteiger partial charge in [-0.3, -0.25) is 9.59 Å². The fourth-order valence-electron chi connectivity index (χ4n) is 2.90. The molecule has 3 aromatic rings. The Morgan fingerprint density at radius 3 is 2.29 bits per heavy atom. The van der Waals surface area contributed by atoms with E-state index in [2.05, 4.69) is 46.8 Å². The van der Waals surface area contributed by atoms with Gasteiger partial charge in [-0.25, -0.2) is 0 Å². The van der Waals surface area contributed by atoms with Crippen LogP contribution >= 0.6 is 0 Å². The van der Waals surface area contributed by atoms with Crippen LogP contribution in [0.1, 0.15) is 51.5 Å². The van der Waals surface area contributed by atoms with Crippen LogP contribution in [0, 0.1) is 5.92 Å². The standard InChI is InChI=1S/C24H28N4O3/c1-15(2)17-8-10-18(11-9-17)23-27-22(31-28-23)13-12-21(29)25-19-6-5-7-20(14-19)26-24(30)16(3)4/h5-11,14-16H,12-13H2,1-4H3,(H,25,29)(H,26,30). The van der Waals surface area contributed by atoms with Crippen LogP contribution in [0.3, 0.4) is 0 Å². The summed E-state index contributed by atoms with van der Waals surface area (Å²) in [4.78, 5) is 28.5. The lowest BCUT2D eigenvalue weighted by molar-refractivity contribution is -0.119. The van der Waals surface area contributed by atoms with E-state index in [0.717, 1.165) is 5.56 Å². The minimum absolute atomic E-state index is 0.0745. The van der Waals surface area contributed by atoms with E-state index in [1.54, 1.807) is 24.3 Å². The number of benzene rings is 2. The number of aryl methyl sites for hydroxylation is 1. The first-order chi connectivity index (χ1) is 14.8. The van der Waals surface area contributed by atoms with Crippen LogP contribution in [-0.2, 0) is 16.0 Å². The summed E-state index contributed by atoms with van der Waals surface area (Å²) in [6.07, 6.45) is 0.545. The van der Waals surface area contributed by atoms with Crippen molar-refractivity contribution in [1.82, 2.24) is 10.1 Å². The smallest absolute Gasteiger partial charge is 0.227 e. The first kappa shape index (κ1) is 22.2. The molecule has 3 rings (SSSR count). The van der Waals surface area contributed by atoms with Gasteiger partial charge in [-0.2, -0.15) is 4.98 Å². The quantitative estimate of drug-likeness (QED) is 0.533. The lowest BCUT2D eigenvalue weighted by atomic mass is 10.0. The van der Waals surface area contributed by atoms with Crippen molar-refractivity contribution in [3.05, 3.63) is 60.0 Å². The summed E-state index contributed by atoms with van der Waals surface area (Å²) < 4.78 is 5.29. The molecule has 1 heterocycles. The van der Waals surface area contributed by atoms with Crippen molar-refractivity contribution in [3.63, 3.8) is 0 Å². The third-order valence-electron chi connectivity index (χ3n) is 4.81. The van der Waals surface area contributed by atoms with Gasteiger partial charge < -0.3 is 15.2 Å². The van der Waals surface area contributed by atoms with Crippen LogP contribution in [0.4, 0.5) is 11.4 Å². The molecule has 0 saturated carbocycles. The fourth-order valence-corrected chi connectivity index (χ4v) is 2.90. The van der Waals surface area contributed by atoms with E-state index in [0.29, 0.717) is 35.4 Å². The summed E-state index contributed by atoms with van der Waals surface area (Å²) in [6.45, 7) is 7.93. The second-order valence-electron chi connectivity index (χ2n) is 8.06. The zero-order chi connectivity index (χ0) is 22.4. The Kier molecular flexibility index (Phi) is 7.18. The average Bonchev–Trinajstić information content (AvgIpc) is 3.21. The van der Waals surface area contributed by atoms with E-state index in [1.807, 2.05) is 26.0 Å². The predicted molar refractivity (Wildman–Crippen MR) is 121 cm³/mol. The Morgan fingerprint density at radius 1 is 0.968 bits per heavy atom. The highest BCUT2D eigenvalue weighted by atomic mass is 16.5. The van der Waals surface area contributed by atoms with E-state index < -0.39 is 0 Å². The lowest BCUT2D eigenvalue weighted by Gasteiger charge is -2.10. The molecule has 0 saturated heterocycles. The molecule has 0 atom stereocenters. The molecule has 0 spiro atoms. The average molecular weight is 421 g/mol. The highest BCUT2D eigenvalue weighted by molar-refractivity contribution is 5.94. The normalized spacial score (nSPS) is 11.0. The number of anilines is 2. The number of aromatic nitrogens is 2. The van der Waals surface area contributed by atoms with E-state index in [9.17, 15) is 9.59 Å². The molecule has 7 nitrogen and oxygen atoms in total. The minimum Gasteiger partial charge on any atom is -0.339 e. The number of nitrogens with one attached hydrogen (secondary N) is 2. The number of rotatable bonds is 8. The van der Waals surface area contributed by atoms with Crippen LogP contribution in [0.2, 0.25) is 0 Å². The molecule has 7 heteroatoms. The Hall–Kier alpha value is -3.48. The molecule has 2 N–H and O–H groups in total. The summed E-state index contributed by atoms with van der Waals surface area (Å²) in [7, 11) is 0. The van der Waals surface area contributed by atoms with Gasteiger partial charge in [0.1, 0.15) is 0 Å². The topological polar surface area (TPSA) is 97.1 Å². The van der Waals surface area contributed by atoms with Gasteiger partial charge >= 0.3 is 0 Å². The summed E-state index contributed by atoms with van der Waals surface area (Å²) in [6, 6.07) is 15.1. The monoisotopic (exact) mass is 420 g/mol. The lowest BCUT2D eigenvalue weighted by Crippen LogP contribution is -2.18. The van der Waals surface area contributed by atoms with E-state index in [1.165, 1.54) is 5.56 Å². The molecule has 2 amide bonds. The van der Waals surface area contributed by atoms with E-state index in [-0.39, 0.29) is 24.2 Å². The second kappa shape index (κ2) is 10.0. The zero-order valence-electron chi connectivity index (χ0n) is 18.3. The largest absolute Gasteiger partial charge is 0.339 e. The Bertz CT molecular complexity index is 1040. The third kappa shape index (κ3) is 6.25. The molecule has 162 valence electrons. The number of amides is 2. The molecule has 2 aromatic carbocycles. The van der Waals surface area contributed by atoms with Crippen LogP contribution < -0.4 is 10.6 Å². The highest BCUT2D eigenvalue weighted by Crippen LogP contribution is 2.21. The Morgan fingerprint density at radius 2 is 1.65 bits per heavy atom. The minimum atomic E-state index is -0.173. The molecule has 0 radical (unpaired) electrons. The maximum Gasteiger partial charge on any atom is 0.227 e. The number of nitrogens with zero attached hydrogens (tertiary/aromatic N) is 2. The van der Waals surface area contributed by atoms with Crippen LogP contribution in [0.25, 0.3) is 11.4 Å². The molecular weight excluding hydrogens is 392 g/mol. The predicted octanol–water partition coefficient (Wildman–Crippen LogP) is 5.03. The maximum absolute atomic E-state index is 12.3. The zero-order valence-corrected chi connectivity index (χ0v) is 18.3. The molecule has 0 aliphatic rings. The highest BCUT2D eigenvalue weighted by Gasteiger charge is 2.12. The first-order valence-electron chi connectivity index (χ1n) is 10.5. The van der Waals surface area contributed by atoms with Crippen LogP contribution in [0.15, 0.2) is 53.1 Å². The molecule has 0 unspecified atom stereocenters. The van der Waals surface area contributed by atoms with Crippen molar-refractivity contribution in [1.29, 1.82) is 0 Å². The van der Waals surface area contributed by atoms with Gasteiger partial charge in [0.25, 0.3) is 0 Å². The van der Waals surface area contributed by atoms with Crippen molar-refractivity contribution in [2.75, 3.05) is 10.6 Å². The maximum atomic E-state index is 12.3. The van der Waals surface area contributed by atoms with E-state index in [4.69, 9.17) is 4.52 Å². The number of carbonyl (C=O) groups is 2.